The van der Waals surface area contributed by atoms with E-state index in [1.54, 1.807) is 25.3 Å². The van der Waals surface area contributed by atoms with Crippen molar-refractivity contribution in [3.05, 3.63) is 20.8 Å². The second-order valence-electron chi connectivity index (χ2n) is 4.07. The molecule has 0 atom stereocenters. The van der Waals surface area contributed by atoms with Crippen LogP contribution in [0, 0.1) is 5.41 Å². The minimum Gasteiger partial charge on any atom is -0.369 e. The fourth-order valence-electron chi connectivity index (χ4n) is 0.920. The van der Waals surface area contributed by atoms with Crippen LogP contribution in [0.25, 0.3) is 0 Å². The Labute approximate surface area is 106 Å². The van der Waals surface area contributed by atoms with E-state index in [1.807, 2.05) is 0 Å². The van der Waals surface area contributed by atoms with Crippen LogP contribution in [0.15, 0.2) is 15.2 Å². The Bertz CT molecular complexity index is 415. The van der Waals surface area contributed by atoms with E-state index in [-0.39, 0.29) is 12.5 Å². The predicted octanol–water partition coefficient (Wildman–Crippen LogP) is 1.75. The third-order valence-electron chi connectivity index (χ3n) is 2.19. The number of thiophene rings is 1. The topological polar surface area (TPSA) is 72.2 Å². The highest BCUT2D eigenvalue weighted by atomic mass is 79.9. The van der Waals surface area contributed by atoms with Crippen molar-refractivity contribution < 1.29 is 9.59 Å². The summed E-state index contributed by atoms with van der Waals surface area (Å²) in [6, 6.07) is 1.73. The quantitative estimate of drug-likeness (QED) is 0.889. The molecular formula is C10H13BrN2O2S. The number of nitrogens with two attached hydrogens (primary N) is 1. The lowest BCUT2D eigenvalue weighted by molar-refractivity contribution is -0.125. The Balaban J connectivity index is 2.57. The molecule has 3 N–H and O–H groups in total. The second kappa shape index (κ2) is 4.97. The highest BCUT2D eigenvalue weighted by Crippen LogP contribution is 2.20. The van der Waals surface area contributed by atoms with Gasteiger partial charge in [0, 0.05) is 11.9 Å². The maximum absolute atomic E-state index is 11.6. The van der Waals surface area contributed by atoms with Crippen LogP contribution in [0.4, 0.5) is 0 Å². The maximum atomic E-state index is 11.6. The Morgan fingerprint density at radius 3 is 2.62 bits per heavy atom. The fourth-order valence-corrected chi connectivity index (χ4v) is 2.06. The summed E-state index contributed by atoms with van der Waals surface area (Å²) < 4.78 is 0.895. The first-order valence-electron chi connectivity index (χ1n) is 4.65. The van der Waals surface area contributed by atoms with Crippen LogP contribution in [0.1, 0.15) is 24.2 Å². The van der Waals surface area contributed by atoms with Crippen molar-refractivity contribution in [2.75, 3.05) is 6.54 Å². The van der Waals surface area contributed by atoms with Gasteiger partial charge < -0.3 is 11.1 Å². The maximum Gasteiger partial charge on any atom is 0.252 e. The molecule has 0 saturated heterocycles. The zero-order valence-electron chi connectivity index (χ0n) is 9.04. The Morgan fingerprint density at radius 2 is 2.19 bits per heavy atom. The molecule has 16 heavy (non-hydrogen) atoms. The number of hydrogen-bond acceptors (Lipinski definition) is 3. The van der Waals surface area contributed by atoms with Crippen molar-refractivity contribution in [3.63, 3.8) is 0 Å². The number of carbonyl (C=O) groups is 2. The van der Waals surface area contributed by atoms with E-state index in [0.29, 0.717) is 5.56 Å². The van der Waals surface area contributed by atoms with Gasteiger partial charge in [-0.15, -0.1) is 11.3 Å². The molecule has 0 unspecified atom stereocenters. The van der Waals surface area contributed by atoms with E-state index in [1.165, 1.54) is 11.3 Å². The summed E-state index contributed by atoms with van der Waals surface area (Å²) in [6.45, 7) is 3.62. The zero-order valence-corrected chi connectivity index (χ0v) is 11.4. The van der Waals surface area contributed by atoms with Gasteiger partial charge >= 0.3 is 0 Å². The number of amides is 2. The molecule has 0 aromatic carbocycles. The van der Waals surface area contributed by atoms with Crippen molar-refractivity contribution in [3.8, 4) is 0 Å². The summed E-state index contributed by atoms with van der Waals surface area (Å²) in [5, 5.41) is 4.43. The molecule has 0 spiro atoms. The largest absolute Gasteiger partial charge is 0.369 e. The summed E-state index contributed by atoms with van der Waals surface area (Å²) in [4.78, 5) is 22.7. The smallest absolute Gasteiger partial charge is 0.252 e. The summed E-state index contributed by atoms with van der Waals surface area (Å²) in [5.74, 6) is -0.629. The molecule has 4 nitrogen and oxygen atoms in total. The number of rotatable bonds is 4. The van der Waals surface area contributed by atoms with Crippen LogP contribution in [0.5, 0.6) is 0 Å². The van der Waals surface area contributed by atoms with Gasteiger partial charge in [-0.25, -0.2) is 0 Å². The molecule has 0 saturated carbocycles. The van der Waals surface area contributed by atoms with E-state index in [2.05, 4.69) is 21.2 Å². The second-order valence-corrected chi connectivity index (χ2v) is 6.36. The average molecular weight is 305 g/mol. The lowest BCUT2D eigenvalue weighted by Gasteiger charge is -2.20. The number of carbonyl (C=O) groups excluding carboxylic acids is 2. The van der Waals surface area contributed by atoms with Gasteiger partial charge in [0.2, 0.25) is 5.91 Å². The van der Waals surface area contributed by atoms with E-state index in [9.17, 15) is 9.59 Å². The molecule has 1 rings (SSSR count). The number of halogens is 1. The van der Waals surface area contributed by atoms with Gasteiger partial charge in [0.1, 0.15) is 0 Å². The molecular weight excluding hydrogens is 292 g/mol. The monoisotopic (exact) mass is 304 g/mol. The average Bonchev–Trinajstić information content (AvgIpc) is 2.61. The Hall–Kier alpha value is -0.880. The molecule has 88 valence electrons. The third-order valence-corrected chi connectivity index (χ3v) is 3.69. The summed E-state index contributed by atoms with van der Waals surface area (Å²) in [5.41, 5.74) is 5.05. The predicted molar refractivity (Wildman–Crippen MR) is 67.3 cm³/mol. The van der Waals surface area contributed by atoms with Crippen LogP contribution >= 0.6 is 27.3 Å². The standard InChI is InChI=1S/C10H13BrN2O2S/c1-10(2,9(12)15)5-13-8(14)6-3-7(11)16-4-6/h3-4H,5H2,1-2H3,(H2,12,15)(H,13,14). The Kier molecular flexibility index (Phi) is 4.09. The van der Waals surface area contributed by atoms with E-state index in [0.717, 1.165) is 3.79 Å². The van der Waals surface area contributed by atoms with E-state index < -0.39 is 11.3 Å². The fraction of sp³-hybridized carbons (Fsp3) is 0.400. The third kappa shape index (κ3) is 3.31. The van der Waals surface area contributed by atoms with Crippen molar-refractivity contribution in [2.24, 2.45) is 11.1 Å². The van der Waals surface area contributed by atoms with Gasteiger partial charge in [-0.05, 0) is 35.8 Å². The summed E-state index contributed by atoms with van der Waals surface area (Å²) >= 11 is 4.72. The molecule has 0 bridgehead atoms. The minimum absolute atomic E-state index is 0.198. The van der Waals surface area contributed by atoms with Crippen LogP contribution in [0.2, 0.25) is 0 Å². The van der Waals surface area contributed by atoms with Crippen LogP contribution in [-0.2, 0) is 4.79 Å². The molecule has 1 heterocycles. The first-order chi connectivity index (χ1) is 7.33. The lowest BCUT2D eigenvalue weighted by atomic mass is 9.93. The van der Waals surface area contributed by atoms with Crippen LogP contribution in [0.3, 0.4) is 0 Å². The molecule has 0 radical (unpaired) electrons. The normalized spacial score (nSPS) is 11.2. The highest BCUT2D eigenvalue weighted by Gasteiger charge is 2.25. The molecule has 2 amide bonds. The Morgan fingerprint density at radius 1 is 1.56 bits per heavy atom. The summed E-state index contributed by atoms with van der Waals surface area (Å²) in [6.07, 6.45) is 0. The molecule has 1 aromatic rings. The van der Waals surface area contributed by atoms with Crippen molar-refractivity contribution >= 4 is 39.1 Å². The molecule has 0 aliphatic carbocycles. The first-order valence-corrected chi connectivity index (χ1v) is 6.32. The van der Waals surface area contributed by atoms with Crippen molar-refractivity contribution in [1.29, 1.82) is 0 Å². The van der Waals surface area contributed by atoms with Gasteiger partial charge in [0.15, 0.2) is 0 Å². The van der Waals surface area contributed by atoms with Gasteiger partial charge in [0.05, 0.1) is 14.8 Å². The van der Waals surface area contributed by atoms with Crippen LogP contribution < -0.4 is 11.1 Å². The SMILES string of the molecule is CC(C)(CNC(=O)c1csc(Br)c1)C(N)=O. The number of hydrogen-bond donors (Lipinski definition) is 2. The molecule has 0 fully saturated rings. The first kappa shape index (κ1) is 13.2. The van der Waals surface area contributed by atoms with E-state index in [4.69, 9.17) is 5.73 Å². The van der Waals surface area contributed by atoms with Crippen molar-refractivity contribution in [2.45, 2.75) is 13.8 Å². The molecule has 6 heteroatoms. The number of primary amides is 1. The zero-order chi connectivity index (χ0) is 12.3. The highest BCUT2D eigenvalue weighted by molar-refractivity contribution is 9.11. The lowest BCUT2D eigenvalue weighted by Crippen LogP contribution is -2.42. The summed E-state index contributed by atoms with van der Waals surface area (Å²) in [7, 11) is 0. The molecule has 0 aliphatic heterocycles. The molecule has 0 aliphatic rings. The minimum atomic E-state index is -0.733. The van der Waals surface area contributed by atoms with Crippen LogP contribution in [-0.4, -0.2) is 18.4 Å². The van der Waals surface area contributed by atoms with Gasteiger partial charge in [0.25, 0.3) is 5.91 Å². The molecule has 1 aromatic heterocycles. The van der Waals surface area contributed by atoms with Crippen molar-refractivity contribution in [1.82, 2.24) is 5.32 Å². The van der Waals surface area contributed by atoms with Gasteiger partial charge in [-0.1, -0.05) is 0 Å². The number of nitrogens with one attached hydrogen (secondary N) is 1. The van der Waals surface area contributed by atoms with E-state index >= 15 is 0 Å². The van der Waals surface area contributed by atoms with Gasteiger partial charge in [-0.3, -0.25) is 9.59 Å². The van der Waals surface area contributed by atoms with Gasteiger partial charge in [-0.2, -0.15) is 0 Å².